The molecule has 3 nitrogen and oxygen atoms in total. The van der Waals surface area contributed by atoms with Crippen LogP contribution in [0.25, 0.3) is 0 Å². The molecule has 0 radical (unpaired) electrons. The molecule has 0 aromatic heterocycles. The van der Waals surface area contributed by atoms with E-state index in [1.165, 1.54) is 4.90 Å². The second-order valence-electron chi connectivity index (χ2n) is 5.76. The number of rotatable bonds is 6. The third-order valence-corrected chi connectivity index (χ3v) is 4.78. The van der Waals surface area contributed by atoms with Crippen LogP contribution in [0, 0.1) is 0 Å². The minimum Gasteiger partial charge on any atom is -0.272 e. The van der Waals surface area contributed by atoms with Crippen molar-refractivity contribution in [3.8, 4) is 0 Å². The molecule has 3 aromatic rings. The van der Waals surface area contributed by atoms with Gasteiger partial charge in [-0.3, -0.25) is 4.79 Å². The summed E-state index contributed by atoms with van der Waals surface area (Å²) in [5.41, 5.74) is 5.51. The highest BCUT2D eigenvalue weighted by molar-refractivity contribution is 7.98. The van der Waals surface area contributed by atoms with Gasteiger partial charge in [-0.25, -0.2) is 5.43 Å². The third-order valence-electron chi connectivity index (χ3n) is 4.03. The maximum Gasteiger partial charge on any atom is 0.252 e. The summed E-state index contributed by atoms with van der Waals surface area (Å²) in [6.07, 6.45) is 3.70. The molecule has 0 heterocycles. The van der Waals surface area contributed by atoms with Crippen molar-refractivity contribution >= 4 is 23.9 Å². The molecule has 0 aliphatic carbocycles. The third kappa shape index (κ3) is 4.61. The first-order valence-corrected chi connectivity index (χ1v) is 9.57. The lowest BCUT2D eigenvalue weighted by atomic mass is 9.91. The van der Waals surface area contributed by atoms with E-state index in [1.807, 2.05) is 91.2 Å². The summed E-state index contributed by atoms with van der Waals surface area (Å²) in [6.45, 7) is 0. The molecule has 0 saturated carbocycles. The van der Waals surface area contributed by atoms with Crippen molar-refractivity contribution in [1.82, 2.24) is 5.43 Å². The molecular formula is C22H20N2OS. The second-order valence-corrected chi connectivity index (χ2v) is 6.64. The number of thioether (sulfide) groups is 1. The summed E-state index contributed by atoms with van der Waals surface area (Å²) in [6, 6.07) is 27.5. The fourth-order valence-electron chi connectivity index (χ4n) is 2.71. The van der Waals surface area contributed by atoms with Gasteiger partial charge in [0.05, 0.1) is 12.1 Å². The Labute approximate surface area is 158 Å². The predicted molar refractivity (Wildman–Crippen MR) is 109 cm³/mol. The lowest BCUT2D eigenvalue weighted by Crippen LogP contribution is -2.26. The van der Waals surface area contributed by atoms with E-state index >= 15 is 0 Å². The number of hydrogen-bond donors (Lipinski definition) is 1. The van der Waals surface area contributed by atoms with Gasteiger partial charge in [-0.15, -0.1) is 11.8 Å². The molecule has 4 heteroatoms. The summed E-state index contributed by atoms with van der Waals surface area (Å²) >= 11 is 1.69. The van der Waals surface area contributed by atoms with Gasteiger partial charge in [0.15, 0.2) is 0 Å². The molecule has 3 rings (SSSR count). The molecule has 0 bridgehead atoms. The van der Waals surface area contributed by atoms with Gasteiger partial charge in [0.1, 0.15) is 0 Å². The predicted octanol–water partition coefficient (Wildman–Crippen LogP) is 4.69. The van der Waals surface area contributed by atoms with Gasteiger partial charge in [-0.1, -0.05) is 72.8 Å². The number of benzene rings is 3. The van der Waals surface area contributed by atoms with Crippen LogP contribution < -0.4 is 5.43 Å². The largest absolute Gasteiger partial charge is 0.272 e. The average Bonchev–Trinajstić information content (AvgIpc) is 2.70. The van der Waals surface area contributed by atoms with E-state index in [0.29, 0.717) is 0 Å². The number of carbonyl (C=O) groups is 1. The fraction of sp³-hybridized carbons (Fsp3) is 0.0909. The van der Waals surface area contributed by atoms with Crippen LogP contribution in [0.2, 0.25) is 0 Å². The Bertz CT molecular complexity index is 822. The number of nitrogens with one attached hydrogen (secondary N) is 1. The van der Waals surface area contributed by atoms with Crippen LogP contribution in [0.4, 0.5) is 0 Å². The zero-order valence-electron chi connectivity index (χ0n) is 14.5. The van der Waals surface area contributed by atoms with Crippen LogP contribution in [0.3, 0.4) is 0 Å². The fourth-order valence-corrected chi connectivity index (χ4v) is 3.12. The Balaban J connectivity index is 1.76. The Morgan fingerprint density at radius 1 is 0.885 bits per heavy atom. The van der Waals surface area contributed by atoms with Crippen LogP contribution in [-0.4, -0.2) is 18.4 Å². The van der Waals surface area contributed by atoms with Crippen molar-refractivity contribution in [2.45, 2.75) is 10.8 Å². The van der Waals surface area contributed by atoms with E-state index < -0.39 is 5.92 Å². The standard InChI is InChI=1S/C22H20N2OS/c1-26-20-14-12-17(13-15-20)16-23-24-22(25)21(18-8-4-2-5-9-18)19-10-6-3-7-11-19/h2-16,21H,1H3,(H,24,25)/b23-16-. The topological polar surface area (TPSA) is 41.5 Å². The number of carbonyl (C=O) groups excluding carboxylic acids is 1. The van der Waals surface area contributed by atoms with Crippen molar-refractivity contribution < 1.29 is 4.79 Å². The molecule has 0 unspecified atom stereocenters. The van der Waals surface area contributed by atoms with Gasteiger partial charge in [-0.2, -0.15) is 5.10 Å². The van der Waals surface area contributed by atoms with Gasteiger partial charge < -0.3 is 0 Å². The summed E-state index contributed by atoms with van der Waals surface area (Å²) in [7, 11) is 0. The molecule has 0 fully saturated rings. The highest BCUT2D eigenvalue weighted by Gasteiger charge is 2.22. The molecule has 0 spiro atoms. The number of nitrogens with zero attached hydrogens (tertiary/aromatic N) is 1. The maximum absolute atomic E-state index is 12.8. The Morgan fingerprint density at radius 3 is 1.92 bits per heavy atom. The molecule has 1 N–H and O–H groups in total. The summed E-state index contributed by atoms with van der Waals surface area (Å²) in [5.74, 6) is -0.548. The first-order chi connectivity index (χ1) is 12.8. The van der Waals surface area contributed by atoms with Crippen LogP contribution in [0.15, 0.2) is 94.9 Å². The Morgan fingerprint density at radius 2 is 1.42 bits per heavy atom. The Hall–Kier alpha value is -2.85. The smallest absolute Gasteiger partial charge is 0.252 e. The van der Waals surface area contributed by atoms with Crippen LogP contribution >= 0.6 is 11.8 Å². The average molecular weight is 360 g/mol. The first kappa shape index (κ1) is 18.0. The Kier molecular flexibility index (Phi) is 6.23. The number of hydrazone groups is 1. The second kappa shape index (κ2) is 9.02. The zero-order valence-corrected chi connectivity index (χ0v) is 15.3. The lowest BCUT2D eigenvalue weighted by Gasteiger charge is -2.16. The molecule has 1 amide bonds. The highest BCUT2D eigenvalue weighted by Crippen LogP contribution is 2.24. The molecule has 0 aliphatic rings. The van der Waals surface area contributed by atoms with E-state index in [1.54, 1.807) is 18.0 Å². The summed E-state index contributed by atoms with van der Waals surface area (Å²) in [4.78, 5) is 14.0. The first-order valence-electron chi connectivity index (χ1n) is 8.35. The van der Waals surface area contributed by atoms with Gasteiger partial charge in [-0.05, 0) is 35.1 Å². The number of hydrogen-bond acceptors (Lipinski definition) is 3. The summed E-state index contributed by atoms with van der Waals surface area (Å²) in [5, 5.41) is 4.14. The molecule has 0 aliphatic heterocycles. The van der Waals surface area contributed by atoms with Crippen molar-refractivity contribution in [3.63, 3.8) is 0 Å². The van der Waals surface area contributed by atoms with Gasteiger partial charge in [0.2, 0.25) is 0 Å². The minimum absolute atomic E-state index is 0.153. The van der Waals surface area contributed by atoms with Crippen molar-refractivity contribution in [3.05, 3.63) is 102 Å². The van der Waals surface area contributed by atoms with E-state index in [4.69, 9.17) is 0 Å². The van der Waals surface area contributed by atoms with Gasteiger partial charge in [0.25, 0.3) is 5.91 Å². The van der Waals surface area contributed by atoms with E-state index in [9.17, 15) is 4.79 Å². The van der Waals surface area contributed by atoms with Crippen molar-refractivity contribution in [2.75, 3.05) is 6.26 Å². The SMILES string of the molecule is CSc1ccc(/C=N\NC(=O)C(c2ccccc2)c2ccccc2)cc1. The zero-order chi connectivity index (χ0) is 18.2. The van der Waals surface area contributed by atoms with E-state index in [0.717, 1.165) is 16.7 Å². The normalized spacial score (nSPS) is 11.0. The number of amides is 1. The molecular weight excluding hydrogens is 340 g/mol. The van der Waals surface area contributed by atoms with E-state index in [-0.39, 0.29) is 5.91 Å². The van der Waals surface area contributed by atoms with Gasteiger partial charge in [0, 0.05) is 4.90 Å². The molecule has 0 atom stereocenters. The monoisotopic (exact) mass is 360 g/mol. The van der Waals surface area contributed by atoms with Crippen LogP contribution in [-0.2, 0) is 4.79 Å². The van der Waals surface area contributed by atoms with E-state index in [2.05, 4.69) is 10.5 Å². The molecule has 130 valence electrons. The quantitative estimate of drug-likeness (QED) is 0.394. The van der Waals surface area contributed by atoms with Gasteiger partial charge >= 0.3 is 0 Å². The maximum atomic E-state index is 12.8. The lowest BCUT2D eigenvalue weighted by molar-refractivity contribution is -0.121. The van der Waals surface area contributed by atoms with Crippen LogP contribution in [0.1, 0.15) is 22.6 Å². The minimum atomic E-state index is -0.395. The van der Waals surface area contributed by atoms with Crippen LogP contribution in [0.5, 0.6) is 0 Å². The van der Waals surface area contributed by atoms with Crippen molar-refractivity contribution in [2.24, 2.45) is 5.10 Å². The molecule has 26 heavy (non-hydrogen) atoms. The van der Waals surface area contributed by atoms with Crippen molar-refractivity contribution in [1.29, 1.82) is 0 Å². The molecule has 0 saturated heterocycles. The summed E-state index contributed by atoms with van der Waals surface area (Å²) < 4.78 is 0. The highest BCUT2D eigenvalue weighted by atomic mass is 32.2. The molecule has 3 aromatic carbocycles.